The van der Waals surface area contributed by atoms with Gasteiger partial charge in [0, 0.05) is 18.8 Å². The molecule has 1 aromatic heterocycles. The van der Waals surface area contributed by atoms with Crippen LogP contribution >= 0.6 is 11.3 Å². The maximum absolute atomic E-state index is 13.0. The molecule has 9 heteroatoms. The number of thiazole rings is 1. The highest BCUT2D eigenvalue weighted by Crippen LogP contribution is 2.31. The average Bonchev–Trinajstić information content (AvgIpc) is 3.16. The summed E-state index contributed by atoms with van der Waals surface area (Å²) in [7, 11) is -3.63. The average molecular weight is 472 g/mol. The van der Waals surface area contributed by atoms with E-state index >= 15 is 0 Å². The van der Waals surface area contributed by atoms with Crippen LogP contribution in [0, 0.1) is 6.92 Å². The molecule has 32 heavy (non-hydrogen) atoms. The lowest BCUT2D eigenvalue weighted by atomic mass is 10.1. The molecule has 2 aromatic carbocycles. The van der Waals surface area contributed by atoms with Crippen molar-refractivity contribution >= 4 is 33.0 Å². The summed E-state index contributed by atoms with van der Waals surface area (Å²) in [6, 6.07) is 15.9. The van der Waals surface area contributed by atoms with Crippen molar-refractivity contribution < 1.29 is 17.9 Å². The quantitative estimate of drug-likeness (QED) is 0.603. The number of anilines is 1. The molecule has 3 aromatic rings. The van der Waals surface area contributed by atoms with Crippen molar-refractivity contribution in [2.45, 2.75) is 37.9 Å². The number of morpholine rings is 1. The minimum Gasteiger partial charge on any atom is -0.373 e. The highest BCUT2D eigenvalue weighted by molar-refractivity contribution is 7.89. The Morgan fingerprint density at radius 2 is 1.69 bits per heavy atom. The highest BCUT2D eigenvalue weighted by Gasteiger charge is 2.32. The van der Waals surface area contributed by atoms with E-state index in [0.29, 0.717) is 24.5 Å². The van der Waals surface area contributed by atoms with E-state index in [9.17, 15) is 13.2 Å². The summed E-state index contributed by atoms with van der Waals surface area (Å²) in [6.45, 7) is 6.22. The molecule has 1 fully saturated rings. The van der Waals surface area contributed by atoms with Crippen molar-refractivity contribution in [1.29, 1.82) is 0 Å². The molecule has 0 radical (unpaired) electrons. The number of ether oxygens (including phenoxy) is 1. The fraction of sp³-hybridized carbons (Fsp3) is 0.304. The number of rotatable bonds is 5. The van der Waals surface area contributed by atoms with Gasteiger partial charge in [0.2, 0.25) is 10.0 Å². The second-order valence-corrected chi connectivity index (χ2v) is 11.0. The SMILES string of the molecule is Cc1nc(C(=O)Nc2ccc(S(=O)(=O)N3CC(C)OC(C)C3)cc2)c(-c2ccccc2)s1. The van der Waals surface area contributed by atoms with Gasteiger partial charge in [0.05, 0.1) is 27.0 Å². The maximum atomic E-state index is 13.0. The zero-order valence-corrected chi connectivity index (χ0v) is 19.7. The van der Waals surface area contributed by atoms with Crippen LogP contribution in [0.25, 0.3) is 10.4 Å². The zero-order valence-electron chi connectivity index (χ0n) is 18.1. The second-order valence-electron chi connectivity index (χ2n) is 7.83. The molecule has 1 N–H and O–H groups in total. The van der Waals surface area contributed by atoms with Crippen LogP contribution in [0.4, 0.5) is 5.69 Å². The van der Waals surface area contributed by atoms with Crippen LogP contribution in [-0.4, -0.2) is 48.9 Å². The molecule has 1 amide bonds. The van der Waals surface area contributed by atoms with Crippen LogP contribution in [-0.2, 0) is 14.8 Å². The molecular formula is C23H25N3O4S2. The number of carbonyl (C=O) groups excluding carboxylic acids is 1. The summed E-state index contributed by atoms with van der Waals surface area (Å²) >= 11 is 1.46. The van der Waals surface area contributed by atoms with Gasteiger partial charge in [-0.05, 0) is 50.6 Å². The second kappa shape index (κ2) is 9.11. The van der Waals surface area contributed by atoms with Gasteiger partial charge in [-0.1, -0.05) is 30.3 Å². The summed E-state index contributed by atoms with van der Waals surface area (Å²) in [4.78, 5) is 18.3. The topological polar surface area (TPSA) is 88.6 Å². The Hall–Kier alpha value is -2.59. The van der Waals surface area contributed by atoms with Crippen molar-refractivity contribution in [3.05, 3.63) is 65.3 Å². The number of amides is 1. The third-order valence-corrected chi connectivity index (χ3v) is 7.99. The first-order chi connectivity index (χ1) is 15.2. The van der Waals surface area contributed by atoms with Gasteiger partial charge in [0.1, 0.15) is 5.69 Å². The maximum Gasteiger partial charge on any atom is 0.275 e. The van der Waals surface area contributed by atoms with Gasteiger partial charge in [-0.15, -0.1) is 11.3 Å². The number of sulfonamides is 1. The summed E-state index contributed by atoms with van der Waals surface area (Å²) < 4.78 is 33.1. The molecule has 1 aliphatic rings. The normalized spacial score (nSPS) is 19.6. The first-order valence-corrected chi connectivity index (χ1v) is 12.6. The van der Waals surface area contributed by atoms with E-state index in [1.54, 1.807) is 12.1 Å². The standard InChI is InChI=1S/C23H25N3O4S2/c1-15-13-26(14-16(2)30-15)32(28,29)20-11-9-19(10-12-20)25-23(27)21-22(31-17(3)24-21)18-7-5-4-6-8-18/h4-12,15-16H,13-14H2,1-3H3,(H,25,27). The Kier molecular flexibility index (Phi) is 6.43. The fourth-order valence-electron chi connectivity index (χ4n) is 3.74. The minimum absolute atomic E-state index is 0.160. The third kappa shape index (κ3) is 4.75. The summed E-state index contributed by atoms with van der Waals surface area (Å²) in [5, 5.41) is 3.63. The lowest BCUT2D eigenvalue weighted by Crippen LogP contribution is -2.48. The van der Waals surface area contributed by atoms with E-state index < -0.39 is 10.0 Å². The van der Waals surface area contributed by atoms with E-state index in [2.05, 4.69) is 10.3 Å². The Balaban J connectivity index is 1.52. The number of hydrogen-bond acceptors (Lipinski definition) is 6. The zero-order chi connectivity index (χ0) is 22.9. The summed E-state index contributed by atoms with van der Waals surface area (Å²) in [5.41, 5.74) is 1.78. The molecule has 168 valence electrons. The Labute approximate surface area is 192 Å². The number of aryl methyl sites for hydroxylation is 1. The first kappa shape index (κ1) is 22.6. The minimum atomic E-state index is -3.63. The summed E-state index contributed by atoms with van der Waals surface area (Å²) in [6.07, 6.45) is -0.320. The third-order valence-electron chi connectivity index (χ3n) is 5.12. The van der Waals surface area contributed by atoms with Crippen molar-refractivity contribution in [2.75, 3.05) is 18.4 Å². The molecular weight excluding hydrogens is 446 g/mol. The van der Waals surface area contributed by atoms with Crippen LogP contribution in [0.15, 0.2) is 59.5 Å². The Morgan fingerprint density at radius 3 is 2.31 bits per heavy atom. The van der Waals surface area contributed by atoms with Gasteiger partial charge < -0.3 is 10.1 Å². The number of benzene rings is 2. The monoisotopic (exact) mass is 471 g/mol. The Bertz CT molecular complexity index is 1200. The van der Waals surface area contributed by atoms with Crippen molar-refractivity contribution in [2.24, 2.45) is 0 Å². The lowest BCUT2D eigenvalue weighted by molar-refractivity contribution is -0.0440. The van der Waals surface area contributed by atoms with Crippen molar-refractivity contribution in [3.8, 4) is 10.4 Å². The predicted molar refractivity (Wildman–Crippen MR) is 125 cm³/mol. The van der Waals surface area contributed by atoms with Gasteiger partial charge in [0.25, 0.3) is 5.91 Å². The molecule has 4 rings (SSSR count). The number of hydrogen-bond donors (Lipinski definition) is 1. The van der Waals surface area contributed by atoms with Gasteiger partial charge in [0.15, 0.2) is 0 Å². The number of nitrogens with one attached hydrogen (secondary N) is 1. The van der Waals surface area contributed by atoms with Gasteiger partial charge >= 0.3 is 0 Å². The Morgan fingerprint density at radius 1 is 1.06 bits per heavy atom. The van der Waals surface area contributed by atoms with E-state index in [1.165, 1.54) is 27.8 Å². The van der Waals surface area contributed by atoms with E-state index in [-0.39, 0.29) is 23.0 Å². The summed E-state index contributed by atoms with van der Waals surface area (Å²) in [5.74, 6) is -0.334. The van der Waals surface area contributed by atoms with Crippen LogP contribution in [0.1, 0.15) is 29.3 Å². The number of aromatic nitrogens is 1. The molecule has 2 unspecified atom stereocenters. The molecule has 2 atom stereocenters. The molecule has 0 spiro atoms. The van der Waals surface area contributed by atoms with Crippen LogP contribution in [0.2, 0.25) is 0 Å². The number of carbonyl (C=O) groups is 1. The van der Waals surface area contributed by atoms with Crippen LogP contribution in [0.3, 0.4) is 0 Å². The highest BCUT2D eigenvalue weighted by atomic mass is 32.2. The van der Waals surface area contributed by atoms with Gasteiger partial charge in [-0.2, -0.15) is 4.31 Å². The fourth-order valence-corrected chi connectivity index (χ4v) is 6.25. The van der Waals surface area contributed by atoms with Crippen molar-refractivity contribution in [1.82, 2.24) is 9.29 Å². The smallest absolute Gasteiger partial charge is 0.275 e. The molecule has 0 aliphatic carbocycles. The molecule has 0 bridgehead atoms. The van der Waals surface area contributed by atoms with Crippen molar-refractivity contribution in [3.63, 3.8) is 0 Å². The molecule has 7 nitrogen and oxygen atoms in total. The molecule has 2 heterocycles. The van der Waals surface area contributed by atoms with E-state index in [4.69, 9.17) is 4.74 Å². The lowest BCUT2D eigenvalue weighted by Gasteiger charge is -2.34. The largest absolute Gasteiger partial charge is 0.373 e. The number of nitrogens with zero attached hydrogens (tertiary/aromatic N) is 2. The molecule has 0 saturated carbocycles. The van der Waals surface area contributed by atoms with Crippen LogP contribution in [0.5, 0.6) is 0 Å². The van der Waals surface area contributed by atoms with E-state index in [1.807, 2.05) is 51.1 Å². The van der Waals surface area contributed by atoms with Gasteiger partial charge in [-0.3, -0.25) is 4.79 Å². The molecule has 1 saturated heterocycles. The predicted octanol–water partition coefficient (Wildman–Crippen LogP) is 4.17. The first-order valence-electron chi connectivity index (χ1n) is 10.3. The van der Waals surface area contributed by atoms with Crippen LogP contribution < -0.4 is 5.32 Å². The van der Waals surface area contributed by atoms with E-state index in [0.717, 1.165) is 15.4 Å². The molecule has 1 aliphatic heterocycles. The van der Waals surface area contributed by atoms with Gasteiger partial charge in [-0.25, -0.2) is 13.4 Å².